The van der Waals surface area contributed by atoms with Gasteiger partial charge in [-0.05, 0) is 24.6 Å². The van der Waals surface area contributed by atoms with Crippen LogP contribution in [0.25, 0.3) is 0 Å². The summed E-state index contributed by atoms with van der Waals surface area (Å²) in [6, 6.07) is 5.70. The van der Waals surface area contributed by atoms with Crippen molar-refractivity contribution in [1.82, 2.24) is 5.43 Å². The Balaban J connectivity index is 2.04. The number of unbranched alkanes of at least 4 members (excludes halogenated alkanes) is 1. The number of nitrogens with one attached hydrogen (secondary N) is 1. The van der Waals surface area contributed by atoms with Crippen LogP contribution < -0.4 is 10.2 Å². The third-order valence-electron chi connectivity index (χ3n) is 2.88. The fourth-order valence-corrected chi connectivity index (χ4v) is 2.79. The average Bonchev–Trinajstić information content (AvgIpc) is 2.48. The van der Waals surface area contributed by atoms with Crippen LogP contribution in [-0.4, -0.2) is 30.3 Å². The SMILES string of the molecule is CCCCN=C1NN=C(c2ccc(OC)c(Cl)c2)CS1. The van der Waals surface area contributed by atoms with Gasteiger partial charge in [0.05, 0.1) is 17.8 Å². The normalized spacial score (nSPS) is 16.8. The van der Waals surface area contributed by atoms with E-state index in [9.17, 15) is 0 Å². The lowest BCUT2D eigenvalue weighted by Gasteiger charge is -2.15. The molecule has 4 nitrogen and oxygen atoms in total. The molecule has 0 aliphatic carbocycles. The summed E-state index contributed by atoms with van der Waals surface area (Å²) in [5, 5.41) is 5.86. The highest BCUT2D eigenvalue weighted by Crippen LogP contribution is 2.26. The number of ether oxygens (including phenoxy) is 1. The Bertz CT molecular complexity index is 531. The highest BCUT2D eigenvalue weighted by Gasteiger charge is 2.14. The maximum Gasteiger partial charge on any atom is 0.177 e. The van der Waals surface area contributed by atoms with Crippen LogP contribution in [0.2, 0.25) is 5.02 Å². The fourth-order valence-electron chi connectivity index (χ4n) is 1.73. The van der Waals surface area contributed by atoms with E-state index in [2.05, 4.69) is 22.4 Å². The molecule has 1 aliphatic heterocycles. The standard InChI is InChI=1S/C14H18ClN3OS/c1-3-4-7-16-14-18-17-12(9-20-14)10-5-6-13(19-2)11(15)8-10/h5-6,8H,3-4,7,9H2,1-2H3,(H,16,18). The van der Waals surface area contributed by atoms with Crippen molar-refractivity contribution in [3.05, 3.63) is 28.8 Å². The van der Waals surface area contributed by atoms with Crippen molar-refractivity contribution >= 4 is 34.2 Å². The molecule has 0 amide bonds. The molecule has 1 N–H and O–H groups in total. The van der Waals surface area contributed by atoms with Crippen molar-refractivity contribution < 1.29 is 4.74 Å². The zero-order chi connectivity index (χ0) is 14.4. The Morgan fingerprint density at radius 2 is 2.35 bits per heavy atom. The van der Waals surface area contributed by atoms with Crippen molar-refractivity contribution in [2.75, 3.05) is 19.4 Å². The quantitative estimate of drug-likeness (QED) is 0.846. The van der Waals surface area contributed by atoms with Crippen molar-refractivity contribution in [2.24, 2.45) is 10.1 Å². The molecule has 0 atom stereocenters. The summed E-state index contributed by atoms with van der Waals surface area (Å²) in [5.74, 6) is 1.47. The van der Waals surface area contributed by atoms with Crippen LogP contribution in [0.1, 0.15) is 25.3 Å². The van der Waals surface area contributed by atoms with Gasteiger partial charge in [-0.25, -0.2) is 0 Å². The molecule has 20 heavy (non-hydrogen) atoms. The van der Waals surface area contributed by atoms with Crippen LogP contribution in [0.15, 0.2) is 28.3 Å². The lowest BCUT2D eigenvalue weighted by Crippen LogP contribution is -2.25. The molecule has 108 valence electrons. The molecule has 2 rings (SSSR count). The molecule has 1 aromatic carbocycles. The lowest BCUT2D eigenvalue weighted by molar-refractivity contribution is 0.415. The van der Waals surface area contributed by atoms with Gasteiger partial charge >= 0.3 is 0 Å². The second-order valence-electron chi connectivity index (χ2n) is 4.35. The number of rotatable bonds is 5. The number of nitrogens with zero attached hydrogens (tertiary/aromatic N) is 2. The Morgan fingerprint density at radius 1 is 1.50 bits per heavy atom. The maximum absolute atomic E-state index is 6.13. The summed E-state index contributed by atoms with van der Waals surface area (Å²) >= 11 is 7.80. The van der Waals surface area contributed by atoms with Crippen LogP contribution in [0.3, 0.4) is 0 Å². The Labute approximate surface area is 128 Å². The van der Waals surface area contributed by atoms with Gasteiger partial charge in [-0.2, -0.15) is 5.10 Å². The van der Waals surface area contributed by atoms with E-state index in [1.807, 2.05) is 18.2 Å². The number of amidine groups is 1. The molecule has 1 aliphatic rings. The van der Waals surface area contributed by atoms with Crippen molar-refractivity contribution in [3.63, 3.8) is 0 Å². The number of thioether (sulfide) groups is 1. The van der Waals surface area contributed by atoms with E-state index in [1.54, 1.807) is 18.9 Å². The summed E-state index contributed by atoms with van der Waals surface area (Å²) in [4.78, 5) is 4.46. The van der Waals surface area contributed by atoms with Gasteiger partial charge in [-0.1, -0.05) is 36.7 Å². The first-order valence-corrected chi connectivity index (χ1v) is 7.94. The number of halogens is 1. The number of methoxy groups -OCH3 is 1. The number of benzene rings is 1. The minimum atomic E-state index is 0.597. The largest absolute Gasteiger partial charge is 0.495 e. The Hall–Kier alpha value is -1.20. The second-order valence-corrected chi connectivity index (χ2v) is 5.72. The molecular weight excluding hydrogens is 294 g/mol. The highest BCUT2D eigenvalue weighted by molar-refractivity contribution is 8.14. The van der Waals surface area contributed by atoms with Gasteiger partial charge in [0.2, 0.25) is 0 Å². The Morgan fingerprint density at radius 3 is 2.95 bits per heavy atom. The number of hydrogen-bond donors (Lipinski definition) is 1. The third kappa shape index (κ3) is 3.90. The lowest BCUT2D eigenvalue weighted by atomic mass is 10.1. The van der Waals surface area contributed by atoms with Crippen LogP contribution >= 0.6 is 23.4 Å². The zero-order valence-corrected chi connectivity index (χ0v) is 13.2. The van der Waals surface area contributed by atoms with Crippen LogP contribution in [0.4, 0.5) is 0 Å². The van der Waals surface area contributed by atoms with Gasteiger partial charge in [0, 0.05) is 17.9 Å². The van der Waals surface area contributed by atoms with E-state index >= 15 is 0 Å². The molecule has 0 aromatic heterocycles. The van der Waals surface area contributed by atoms with E-state index in [4.69, 9.17) is 16.3 Å². The monoisotopic (exact) mass is 311 g/mol. The van der Waals surface area contributed by atoms with E-state index in [1.165, 1.54) is 0 Å². The molecule has 0 radical (unpaired) electrons. The highest BCUT2D eigenvalue weighted by atomic mass is 35.5. The van der Waals surface area contributed by atoms with Gasteiger partial charge in [-0.15, -0.1) is 0 Å². The minimum absolute atomic E-state index is 0.597. The zero-order valence-electron chi connectivity index (χ0n) is 11.6. The van der Waals surface area contributed by atoms with Crippen LogP contribution in [0, 0.1) is 0 Å². The first-order valence-electron chi connectivity index (χ1n) is 6.58. The maximum atomic E-state index is 6.13. The third-order valence-corrected chi connectivity index (χ3v) is 4.09. The second kappa shape index (κ2) is 7.55. The van der Waals surface area contributed by atoms with Gasteiger partial charge in [0.25, 0.3) is 0 Å². The molecule has 0 fully saturated rings. The number of hydrogen-bond acceptors (Lipinski definition) is 4. The summed E-state index contributed by atoms with van der Waals surface area (Å²) in [5.41, 5.74) is 4.97. The average molecular weight is 312 g/mol. The molecule has 0 saturated heterocycles. The van der Waals surface area contributed by atoms with Gasteiger partial charge < -0.3 is 4.74 Å². The summed E-state index contributed by atoms with van der Waals surface area (Å²) in [6.45, 7) is 3.01. The first kappa shape index (κ1) is 15.2. The molecule has 0 unspecified atom stereocenters. The van der Waals surface area contributed by atoms with E-state index in [-0.39, 0.29) is 0 Å². The van der Waals surface area contributed by atoms with Crippen molar-refractivity contribution in [3.8, 4) is 5.75 Å². The topological polar surface area (TPSA) is 46.0 Å². The van der Waals surface area contributed by atoms with Crippen LogP contribution in [-0.2, 0) is 0 Å². The molecule has 0 spiro atoms. The summed E-state index contributed by atoms with van der Waals surface area (Å²) in [7, 11) is 1.61. The van der Waals surface area contributed by atoms with Crippen molar-refractivity contribution in [1.29, 1.82) is 0 Å². The number of aliphatic imine (C=N–C) groups is 1. The molecule has 0 saturated carbocycles. The minimum Gasteiger partial charge on any atom is -0.495 e. The Kier molecular flexibility index (Phi) is 5.73. The van der Waals surface area contributed by atoms with Crippen molar-refractivity contribution in [2.45, 2.75) is 19.8 Å². The number of hydrazone groups is 1. The molecule has 0 bridgehead atoms. The predicted molar refractivity (Wildman–Crippen MR) is 87.3 cm³/mol. The van der Waals surface area contributed by atoms with Gasteiger partial charge in [0.15, 0.2) is 5.17 Å². The van der Waals surface area contributed by atoms with Gasteiger partial charge in [-0.3, -0.25) is 10.4 Å². The summed E-state index contributed by atoms with van der Waals surface area (Å²) < 4.78 is 5.15. The molecule has 1 heterocycles. The van der Waals surface area contributed by atoms with E-state index < -0.39 is 0 Å². The van der Waals surface area contributed by atoms with Gasteiger partial charge in [0.1, 0.15) is 5.75 Å². The van der Waals surface area contributed by atoms with Crippen LogP contribution in [0.5, 0.6) is 5.75 Å². The summed E-state index contributed by atoms with van der Waals surface area (Å²) in [6.07, 6.45) is 2.26. The van der Waals surface area contributed by atoms with E-state index in [0.717, 1.165) is 41.6 Å². The molecule has 6 heteroatoms. The fraction of sp³-hybridized carbons (Fsp3) is 0.429. The molecule has 1 aromatic rings. The first-order chi connectivity index (χ1) is 9.74. The predicted octanol–water partition coefficient (Wildman–Crippen LogP) is 3.55. The smallest absolute Gasteiger partial charge is 0.177 e. The molecular formula is C14H18ClN3OS. The van der Waals surface area contributed by atoms with E-state index in [0.29, 0.717) is 10.8 Å².